The number of ether oxygens (including phenoxy) is 1. The molecule has 0 saturated carbocycles. The lowest BCUT2D eigenvalue weighted by atomic mass is 10.0. The van der Waals surface area contributed by atoms with Gasteiger partial charge >= 0.3 is 5.97 Å². The predicted molar refractivity (Wildman–Crippen MR) is 148 cm³/mol. The van der Waals surface area contributed by atoms with Crippen LogP contribution in [0, 0.1) is 0 Å². The molecule has 0 spiro atoms. The highest BCUT2D eigenvalue weighted by Crippen LogP contribution is 2.38. The summed E-state index contributed by atoms with van der Waals surface area (Å²) < 4.78 is 5.46. The van der Waals surface area contributed by atoms with E-state index in [1.165, 1.54) is 0 Å². The predicted octanol–water partition coefficient (Wildman–Crippen LogP) is 5.31. The quantitative estimate of drug-likeness (QED) is 0.302. The van der Waals surface area contributed by atoms with E-state index in [2.05, 4.69) is 5.32 Å². The summed E-state index contributed by atoms with van der Waals surface area (Å²) in [5.74, 6) is -0.757. The molecule has 1 aliphatic heterocycles. The largest absolute Gasteiger partial charge is 0.452 e. The molecule has 196 valence electrons. The van der Waals surface area contributed by atoms with Crippen molar-refractivity contribution in [3.8, 4) is 0 Å². The first-order chi connectivity index (χ1) is 18.4. The molecule has 1 fully saturated rings. The van der Waals surface area contributed by atoms with Gasteiger partial charge in [-0.3, -0.25) is 9.59 Å². The van der Waals surface area contributed by atoms with E-state index in [-0.39, 0.29) is 18.4 Å². The van der Waals surface area contributed by atoms with E-state index in [4.69, 9.17) is 32.9 Å². The van der Waals surface area contributed by atoms with Crippen LogP contribution in [0.1, 0.15) is 52.9 Å². The summed E-state index contributed by atoms with van der Waals surface area (Å²) in [4.78, 5) is 44.0. The zero-order valence-electron chi connectivity index (χ0n) is 20.8. The number of hydrogen-bond donors (Lipinski definition) is 1. The van der Waals surface area contributed by atoms with Crippen molar-refractivity contribution in [3.05, 3.63) is 74.9 Å². The Labute approximate surface area is 230 Å². The number of nitrogens with one attached hydrogen (secondary N) is 1. The number of aromatic nitrogens is 1. The van der Waals surface area contributed by atoms with Gasteiger partial charge in [0.15, 0.2) is 6.61 Å². The molecule has 0 bridgehead atoms. The highest BCUT2D eigenvalue weighted by molar-refractivity contribution is 6.42. The van der Waals surface area contributed by atoms with E-state index < -0.39 is 5.97 Å². The lowest BCUT2D eigenvalue weighted by Gasteiger charge is -2.15. The van der Waals surface area contributed by atoms with Crippen LogP contribution in [0.25, 0.3) is 22.6 Å². The Morgan fingerprint density at radius 1 is 1.08 bits per heavy atom. The number of esters is 1. The van der Waals surface area contributed by atoms with Crippen molar-refractivity contribution in [1.29, 1.82) is 0 Å². The van der Waals surface area contributed by atoms with Gasteiger partial charge in [0.25, 0.3) is 5.91 Å². The Morgan fingerprint density at radius 3 is 2.71 bits per heavy atom. The minimum absolute atomic E-state index is 0.164. The van der Waals surface area contributed by atoms with Gasteiger partial charge in [-0.1, -0.05) is 47.5 Å². The maximum atomic E-state index is 13.3. The monoisotopic (exact) mass is 551 g/mol. The fourth-order valence-electron chi connectivity index (χ4n) is 5.01. The molecule has 7 nitrogen and oxygen atoms in total. The van der Waals surface area contributed by atoms with Crippen molar-refractivity contribution in [2.24, 2.45) is 0 Å². The van der Waals surface area contributed by atoms with Gasteiger partial charge in [0.1, 0.15) is 0 Å². The second-order valence-electron chi connectivity index (χ2n) is 9.44. The minimum atomic E-state index is -0.548. The van der Waals surface area contributed by atoms with Crippen molar-refractivity contribution in [2.75, 3.05) is 26.2 Å². The SMILES string of the molecule is O=C(COC(=O)c1c2c(nc3ccccc13)/C(=C\c1ccc(Cl)c(Cl)c1)CC2)NCCCN1CCCC1=O. The van der Waals surface area contributed by atoms with E-state index in [0.29, 0.717) is 65.3 Å². The van der Waals surface area contributed by atoms with E-state index in [9.17, 15) is 14.4 Å². The van der Waals surface area contributed by atoms with E-state index in [1.807, 2.05) is 41.3 Å². The fraction of sp³-hybridized carbons (Fsp3) is 0.310. The number of likely N-dealkylation sites (tertiary alicyclic amines) is 1. The Morgan fingerprint density at radius 2 is 1.92 bits per heavy atom. The van der Waals surface area contributed by atoms with Crippen LogP contribution in [0.15, 0.2) is 42.5 Å². The number of fused-ring (bicyclic) bond motifs is 2. The molecule has 2 aromatic carbocycles. The number of nitrogens with zero attached hydrogens (tertiary/aromatic N) is 2. The number of carbonyl (C=O) groups is 3. The van der Waals surface area contributed by atoms with Gasteiger partial charge in [-0.15, -0.1) is 0 Å². The van der Waals surface area contributed by atoms with Crippen LogP contribution in [0.3, 0.4) is 0 Å². The van der Waals surface area contributed by atoms with Crippen molar-refractivity contribution in [1.82, 2.24) is 15.2 Å². The summed E-state index contributed by atoms with van der Waals surface area (Å²) in [5, 5.41) is 4.42. The van der Waals surface area contributed by atoms with E-state index >= 15 is 0 Å². The molecule has 0 atom stereocenters. The summed E-state index contributed by atoms with van der Waals surface area (Å²) in [6, 6.07) is 12.9. The number of benzene rings is 2. The highest BCUT2D eigenvalue weighted by atomic mass is 35.5. The molecule has 1 N–H and O–H groups in total. The molecule has 1 aromatic heterocycles. The lowest BCUT2D eigenvalue weighted by molar-refractivity contribution is -0.127. The fourth-order valence-corrected chi connectivity index (χ4v) is 5.31. The number of halogens is 2. The second kappa shape index (κ2) is 11.5. The molecule has 1 aliphatic carbocycles. The molecule has 2 aliphatic rings. The number of amides is 2. The third kappa shape index (κ3) is 5.69. The molecule has 3 aromatic rings. The Kier molecular flexibility index (Phi) is 7.95. The summed E-state index contributed by atoms with van der Waals surface area (Å²) in [7, 11) is 0. The van der Waals surface area contributed by atoms with Gasteiger partial charge in [-0.25, -0.2) is 9.78 Å². The van der Waals surface area contributed by atoms with Crippen molar-refractivity contribution >= 4 is 63.5 Å². The number of allylic oxidation sites excluding steroid dienone is 1. The zero-order valence-corrected chi connectivity index (χ0v) is 22.3. The molecular formula is C29H27Cl2N3O4. The van der Waals surface area contributed by atoms with Gasteiger partial charge < -0.3 is 15.0 Å². The normalized spacial score (nSPS) is 15.8. The molecule has 1 saturated heterocycles. The molecule has 5 rings (SSSR count). The standard InChI is InChI=1S/C29H27Cl2N3O4/c30-22-11-8-18(16-23(22)31)15-19-9-10-21-27(20-5-1-2-6-24(20)33-28(19)21)29(37)38-17-25(35)32-12-4-14-34-13-3-7-26(34)36/h1-2,5-6,8,11,15-16H,3-4,7,9-10,12-14,17H2,(H,32,35)/b19-15-. The van der Waals surface area contributed by atoms with Gasteiger partial charge in [-0.05, 0) is 66.7 Å². The van der Waals surface area contributed by atoms with Gasteiger partial charge in [-0.2, -0.15) is 0 Å². The van der Waals surface area contributed by atoms with Crippen molar-refractivity contribution < 1.29 is 19.1 Å². The minimum Gasteiger partial charge on any atom is -0.452 e. The number of hydrogen-bond acceptors (Lipinski definition) is 5. The summed E-state index contributed by atoms with van der Waals surface area (Å²) in [6.07, 6.45) is 5.49. The Balaban J connectivity index is 1.29. The third-order valence-corrected chi connectivity index (χ3v) is 7.60. The topological polar surface area (TPSA) is 88.6 Å². The van der Waals surface area contributed by atoms with Crippen molar-refractivity contribution in [3.63, 3.8) is 0 Å². The second-order valence-corrected chi connectivity index (χ2v) is 10.3. The average molecular weight is 552 g/mol. The highest BCUT2D eigenvalue weighted by Gasteiger charge is 2.28. The first-order valence-electron chi connectivity index (χ1n) is 12.7. The molecule has 2 amide bonds. The maximum absolute atomic E-state index is 13.3. The summed E-state index contributed by atoms with van der Waals surface area (Å²) in [5.41, 5.74) is 4.59. The number of para-hydroxylation sites is 1. The van der Waals surface area contributed by atoms with Crippen LogP contribution in [0.2, 0.25) is 10.0 Å². The number of pyridine rings is 1. The third-order valence-electron chi connectivity index (χ3n) is 6.86. The number of rotatable bonds is 8. The summed E-state index contributed by atoms with van der Waals surface area (Å²) in [6.45, 7) is 1.43. The van der Waals surface area contributed by atoms with Crippen LogP contribution < -0.4 is 5.32 Å². The van der Waals surface area contributed by atoms with Crippen LogP contribution in [0.4, 0.5) is 0 Å². The summed E-state index contributed by atoms with van der Waals surface area (Å²) >= 11 is 12.3. The maximum Gasteiger partial charge on any atom is 0.339 e. The number of carbonyl (C=O) groups excluding carboxylic acids is 3. The first-order valence-corrected chi connectivity index (χ1v) is 13.5. The van der Waals surface area contributed by atoms with Gasteiger partial charge in [0.2, 0.25) is 5.91 Å². The van der Waals surface area contributed by atoms with Crippen molar-refractivity contribution in [2.45, 2.75) is 32.1 Å². The molecule has 0 unspecified atom stereocenters. The van der Waals surface area contributed by atoms with Crippen LogP contribution in [0.5, 0.6) is 0 Å². The Bertz CT molecular complexity index is 1450. The average Bonchev–Trinajstić information content (AvgIpc) is 3.51. The van der Waals surface area contributed by atoms with Crippen LogP contribution >= 0.6 is 23.2 Å². The smallest absolute Gasteiger partial charge is 0.339 e. The molecule has 0 radical (unpaired) electrons. The van der Waals surface area contributed by atoms with Crippen LogP contribution in [-0.4, -0.2) is 53.9 Å². The lowest BCUT2D eigenvalue weighted by Crippen LogP contribution is -2.33. The molecule has 38 heavy (non-hydrogen) atoms. The Hall–Kier alpha value is -3.42. The van der Waals surface area contributed by atoms with Gasteiger partial charge in [0, 0.05) is 31.4 Å². The molecule has 2 heterocycles. The van der Waals surface area contributed by atoms with Gasteiger partial charge in [0.05, 0.1) is 26.8 Å². The van der Waals surface area contributed by atoms with E-state index in [0.717, 1.165) is 35.4 Å². The van der Waals surface area contributed by atoms with E-state index in [1.54, 1.807) is 12.1 Å². The molecular weight excluding hydrogens is 525 g/mol. The molecule has 9 heteroatoms. The first kappa shape index (κ1) is 26.2. The van der Waals surface area contributed by atoms with Crippen LogP contribution in [-0.2, 0) is 20.7 Å². The zero-order chi connectivity index (χ0) is 26.6.